The van der Waals surface area contributed by atoms with Gasteiger partial charge in [-0.1, -0.05) is 28.1 Å². The normalized spacial score (nSPS) is 14.6. The summed E-state index contributed by atoms with van der Waals surface area (Å²) in [6, 6.07) is 9.32. The van der Waals surface area contributed by atoms with Crippen LogP contribution in [-0.4, -0.2) is 5.38 Å². The van der Waals surface area contributed by atoms with Crippen LogP contribution < -0.4 is 0 Å². The van der Waals surface area contributed by atoms with E-state index < -0.39 is 10.8 Å². The van der Waals surface area contributed by atoms with Crippen molar-refractivity contribution in [2.45, 2.75) is 10.8 Å². The zero-order valence-electron chi connectivity index (χ0n) is 6.55. The molecule has 1 aromatic rings. The molecule has 1 rings (SSSR count). The predicted molar refractivity (Wildman–Crippen MR) is 58.0 cm³/mol. The standard InChI is InChI=1S/C9H6BrCl2N/c10-7-3-1-6(2-4-7)9(12)8(11)5-13/h1-4,8-9H. The molecule has 4 heteroatoms. The minimum atomic E-state index is -0.692. The first-order valence-electron chi connectivity index (χ1n) is 3.58. The molecule has 0 amide bonds. The second-order valence-electron chi connectivity index (χ2n) is 2.48. The molecule has 68 valence electrons. The van der Waals surface area contributed by atoms with E-state index in [4.69, 9.17) is 28.5 Å². The lowest BCUT2D eigenvalue weighted by atomic mass is 10.1. The second kappa shape index (κ2) is 4.85. The van der Waals surface area contributed by atoms with Gasteiger partial charge in [0.2, 0.25) is 0 Å². The zero-order valence-corrected chi connectivity index (χ0v) is 9.64. The van der Waals surface area contributed by atoms with Crippen LogP contribution in [0.5, 0.6) is 0 Å². The number of rotatable bonds is 2. The van der Waals surface area contributed by atoms with Crippen LogP contribution >= 0.6 is 39.1 Å². The van der Waals surface area contributed by atoms with Gasteiger partial charge in [-0.3, -0.25) is 0 Å². The molecule has 1 nitrogen and oxygen atoms in total. The minimum absolute atomic E-state index is 0.459. The van der Waals surface area contributed by atoms with Crippen LogP contribution in [0.25, 0.3) is 0 Å². The molecule has 0 saturated carbocycles. The van der Waals surface area contributed by atoms with Crippen molar-refractivity contribution >= 4 is 39.1 Å². The van der Waals surface area contributed by atoms with E-state index >= 15 is 0 Å². The number of hydrogen-bond acceptors (Lipinski definition) is 1. The predicted octanol–water partition coefficient (Wildman–Crippen LogP) is 3.86. The number of halogens is 3. The molecular weight excluding hydrogens is 273 g/mol. The SMILES string of the molecule is N#CC(Cl)C(Cl)c1ccc(Br)cc1. The molecule has 0 fully saturated rings. The third-order valence-electron chi connectivity index (χ3n) is 1.57. The van der Waals surface area contributed by atoms with Crippen molar-refractivity contribution in [2.24, 2.45) is 0 Å². The summed E-state index contributed by atoms with van der Waals surface area (Å²) in [7, 11) is 0. The van der Waals surface area contributed by atoms with E-state index in [-0.39, 0.29) is 0 Å². The highest BCUT2D eigenvalue weighted by Crippen LogP contribution is 2.28. The summed E-state index contributed by atoms with van der Waals surface area (Å²) in [5.41, 5.74) is 0.853. The maximum atomic E-state index is 8.55. The van der Waals surface area contributed by atoms with Gasteiger partial charge in [-0.15, -0.1) is 23.2 Å². The van der Waals surface area contributed by atoms with Gasteiger partial charge in [-0.05, 0) is 17.7 Å². The summed E-state index contributed by atoms with van der Waals surface area (Å²) >= 11 is 14.9. The van der Waals surface area contributed by atoms with E-state index in [9.17, 15) is 0 Å². The van der Waals surface area contributed by atoms with E-state index in [0.29, 0.717) is 0 Å². The molecule has 2 unspecified atom stereocenters. The average molecular weight is 279 g/mol. The number of hydrogen-bond donors (Lipinski definition) is 0. The molecule has 1 aromatic carbocycles. The molecule has 0 aromatic heterocycles. The molecule has 0 aliphatic heterocycles. The van der Waals surface area contributed by atoms with Crippen molar-refractivity contribution in [3.8, 4) is 6.07 Å². The lowest BCUT2D eigenvalue weighted by Crippen LogP contribution is -2.03. The summed E-state index contributed by atoms with van der Waals surface area (Å²) in [5.74, 6) is 0. The molecule has 0 aliphatic carbocycles. The Morgan fingerprint density at radius 2 is 1.77 bits per heavy atom. The Labute approximate surface area is 95.4 Å². The summed E-state index contributed by atoms with van der Waals surface area (Å²) in [5, 5.41) is 7.40. The fourth-order valence-corrected chi connectivity index (χ4v) is 1.49. The van der Waals surface area contributed by atoms with Crippen molar-refractivity contribution in [1.29, 1.82) is 5.26 Å². The maximum absolute atomic E-state index is 8.55. The highest BCUT2D eigenvalue weighted by Gasteiger charge is 2.17. The molecule has 13 heavy (non-hydrogen) atoms. The molecule has 0 aliphatic rings. The van der Waals surface area contributed by atoms with Gasteiger partial charge in [0.15, 0.2) is 0 Å². The summed E-state index contributed by atoms with van der Waals surface area (Å²) in [6.07, 6.45) is 0. The molecule has 0 heterocycles. The Hall–Kier alpha value is -0.230. The molecule has 0 spiro atoms. The minimum Gasteiger partial charge on any atom is -0.197 e. The first-order chi connectivity index (χ1) is 6.15. The van der Waals surface area contributed by atoms with E-state index in [0.717, 1.165) is 10.0 Å². The zero-order chi connectivity index (χ0) is 9.84. The smallest absolute Gasteiger partial charge is 0.140 e. The first-order valence-corrected chi connectivity index (χ1v) is 5.25. The van der Waals surface area contributed by atoms with Crippen LogP contribution in [0.2, 0.25) is 0 Å². The van der Waals surface area contributed by atoms with E-state index in [2.05, 4.69) is 15.9 Å². The lowest BCUT2D eigenvalue weighted by Gasteiger charge is -2.09. The Morgan fingerprint density at radius 3 is 2.23 bits per heavy atom. The Kier molecular flexibility index (Phi) is 4.05. The fraction of sp³-hybridized carbons (Fsp3) is 0.222. The third-order valence-corrected chi connectivity index (χ3v) is 3.08. The number of nitrogens with zero attached hydrogens (tertiary/aromatic N) is 1. The molecule has 0 radical (unpaired) electrons. The fourth-order valence-electron chi connectivity index (χ4n) is 0.881. The van der Waals surface area contributed by atoms with Gasteiger partial charge >= 0.3 is 0 Å². The first kappa shape index (κ1) is 10.8. The topological polar surface area (TPSA) is 23.8 Å². The molecule has 2 atom stereocenters. The summed E-state index contributed by atoms with van der Waals surface area (Å²) in [4.78, 5) is 0. The monoisotopic (exact) mass is 277 g/mol. The van der Waals surface area contributed by atoms with Crippen LogP contribution in [0.3, 0.4) is 0 Å². The van der Waals surface area contributed by atoms with Crippen LogP contribution in [0.15, 0.2) is 28.7 Å². The van der Waals surface area contributed by atoms with Gasteiger partial charge in [0.25, 0.3) is 0 Å². The number of nitriles is 1. The Bertz CT molecular complexity index is 317. The van der Waals surface area contributed by atoms with Crippen LogP contribution in [0.1, 0.15) is 10.9 Å². The number of alkyl halides is 2. The van der Waals surface area contributed by atoms with Crippen molar-refractivity contribution in [3.05, 3.63) is 34.3 Å². The van der Waals surface area contributed by atoms with Gasteiger partial charge in [-0.2, -0.15) is 5.26 Å². The van der Waals surface area contributed by atoms with Crippen LogP contribution in [0.4, 0.5) is 0 Å². The number of benzene rings is 1. The highest BCUT2D eigenvalue weighted by molar-refractivity contribution is 9.10. The molecule has 0 bridgehead atoms. The lowest BCUT2D eigenvalue weighted by molar-refractivity contribution is 0.973. The van der Waals surface area contributed by atoms with Crippen molar-refractivity contribution in [2.75, 3.05) is 0 Å². The van der Waals surface area contributed by atoms with Gasteiger partial charge < -0.3 is 0 Å². The van der Waals surface area contributed by atoms with Gasteiger partial charge in [0.05, 0.1) is 11.4 Å². The maximum Gasteiger partial charge on any atom is 0.140 e. The Balaban J connectivity index is 2.84. The highest BCUT2D eigenvalue weighted by atomic mass is 79.9. The third kappa shape index (κ3) is 2.87. The molecule has 0 saturated heterocycles. The Morgan fingerprint density at radius 1 is 1.23 bits per heavy atom. The van der Waals surface area contributed by atoms with E-state index in [1.807, 2.05) is 30.3 Å². The van der Waals surface area contributed by atoms with Gasteiger partial charge in [0, 0.05) is 4.47 Å². The average Bonchev–Trinajstić information content (AvgIpc) is 2.17. The van der Waals surface area contributed by atoms with E-state index in [1.165, 1.54) is 0 Å². The summed E-state index contributed by atoms with van der Waals surface area (Å²) in [6.45, 7) is 0. The molecular formula is C9H6BrCl2N. The van der Waals surface area contributed by atoms with Crippen molar-refractivity contribution in [3.63, 3.8) is 0 Å². The van der Waals surface area contributed by atoms with Crippen molar-refractivity contribution in [1.82, 2.24) is 0 Å². The van der Waals surface area contributed by atoms with Crippen LogP contribution in [-0.2, 0) is 0 Å². The van der Waals surface area contributed by atoms with Gasteiger partial charge in [-0.25, -0.2) is 0 Å². The summed E-state index contributed by atoms with van der Waals surface area (Å²) < 4.78 is 0.975. The van der Waals surface area contributed by atoms with Crippen molar-refractivity contribution < 1.29 is 0 Å². The largest absolute Gasteiger partial charge is 0.197 e. The quantitative estimate of drug-likeness (QED) is 0.754. The second-order valence-corrected chi connectivity index (χ2v) is 4.34. The van der Waals surface area contributed by atoms with Gasteiger partial charge in [0.1, 0.15) is 5.38 Å². The van der Waals surface area contributed by atoms with Crippen LogP contribution in [0, 0.1) is 11.3 Å². The molecule has 0 N–H and O–H groups in total. The van der Waals surface area contributed by atoms with E-state index in [1.54, 1.807) is 0 Å².